The average molecular weight is 604 g/mol. The van der Waals surface area contributed by atoms with Crippen LogP contribution in [0.3, 0.4) is 0 Å². The first-order valence-corrected chi connectivity index (χ1v) is 16.4. The largest absolute Gasteiger partial charge is 0.478 e. The number of nitrogens with zero attached hydrogens (tertiary/aromatic N) is 5. The molecule has 8 heteroatoms. The molecule has 0 spiro atoms. The first kappa shape index (κ1) is 29.3. The summed E-state index contributed by atoms with van der Waals surface area (Å²) >= 11 is 0. The molecule has 1 saturated carbocycles. The zero-order chi connectivity index (χ0) is 31.2. The molecule has 45 heavy (non-hydrogen) atoms. The van der Waals surface area contributed by atoms with Crippen molar-refractivity contribution in [2.75, 3.05) is 24.5 Å². The zero-order valence-electron chi connectivity index (χ0n) is 26.4. The number of hydrogen-bond acceptors (Lipinski definition) is 5. The fourth-order valence-corrected chi connectivity index (χ4v) is 7.41. The van der Waals surface area contributed by atoms with Crippen molar-refractivity contribution in [3.05, 3.63) is 94.3 Å². The monoisotopic (exact) mass is 603 g/mol. The van der Waals surface area contributed by atoms with E-state index < -0.39 is 5.97 Å². The standard InChI is InChI=1S/C37H41N5O3/c1-4-26-19-25(11-14-30(26)27-15-17-40(18-16-27)36(43)28-12-13-28)22-41-21-23(2)29-7-5-8-31(35(29)41)33-9-6-10-34(39-33)42-24(3)32(20-38-42)37(44)45/h5-11,14,19-20,23,27-28H,4,12-13,15-18,21-22H2,1-3H3,(H,44,45). The van der Waals surface area contributed by atoms with Gasteiger partial charge in [-0.1, -0.05) is 56.3 Å². The number of carbonyl (C=O) groups is 2. The third-order valence-electron chi connectivity index (χ3n) is 10.0. The van der Waals surface area contributed by atoms with Crippen LogP contribution >= 0.6 is 0 Å². The molecule has 4 aromatic rings. The van der Waals surface area contributed by atoms with E-state index in [1.165, 1.54) is 34.1 Å². The van der Waals surface area contributed by atoms with Crippen LogP contribution < -0.4 is 4.90 Å². The van der Waals surface area contributed by atoms with E-state index in [1.807, 2.05) is 18.2 Å². The number of piperidine rings is 1. The Hall–Kier alpha value is -4.46. The Bertz CT molecular complexity index is 1770. The highest BCUT2D eigenvalue weighted by atomic mass is 16.4. The Morgan fingerprint density at radius 3 is 2.47 bits per heavy atom. The van der Waals surface area contributed by atoms with Crippen molar-refractivity contribution in [3.8, 4) is 17.1 Å². The molecule has 2 fully saturated rings. The van der Waals surface area contributed by atoms with Crippen LogP contribution in [0.25, 0.3) is 17.1 Å². The third kappa shape index (κ3) is 5.51. The molecule has 2 aromatic carbocycles. The number of para-hydroxylation sites is 1. The predicted octanol–water partition coefficient (Wildman–Crippen LogP) is 6.74. The molecule has 1 atom stereocenters. The summed E-state index contributed by atoms with van der Waals surface area (Å²) in [5.74, 6) is 1.19. The molecule has 1 amide bonds. The van der Waals surface area contributed by atoms with Crippen molar-refractivity contribution in [1.29, 1.82) is 0 Å². The van der Waals surface area contributed by atoms with Gasteiger partial charge in [0.05, 0.1) is 23.3 Å². The number of carboxylic acid groups (broad SMARTS) is 1. The summed E-state index contributed by atoms with van der Waals surface area (Å²) < 4.78 is 1.60. The molecular formula is C37H41N5O3. The molecule has 7 rings (SSSR count). The van der Waals surface area contributed by atoms with Crippen LogP contribution in [0.1, 0.15) is 89.7 Å². The fourth-order valence-electron chi connectivity index (χ4n) is 7.41. The van der Waals surface area contributed by atoms with Crippen LogP contribution in [0.5, 0.6) is 0 Å². The summed E-state index contributed by atoms with van der Waals surface area (Å²) in [6, 6.07) is 19.4. The van der Waals surface area contributed by atoms with Gasteiger partial charge in [-0.15, -0.1) is 0 Å². The highest BCUT2D eigenvalue weighted by Crippen LogP contribution is 2.44. The molecule has 4 heterocycles. The minimum atomic E-state index is -0.995. The lowest BCUT2D eigenvalue weighted by atomic mass is 9.85. The Balaban J connectivity index is 1.14. The SMILES string of the molecule is CCc1cc(CN2CC(C)c3cccc(-c4cccc(-n5ncc(C(=O)O)c5C)n4)c32)ccc1C1CCN(C(=O)C2CC2)CC1. The van der Waals surface area contributed by atoms with E-state index in [2.05, 4.69) is 65.1 Å². The number of aromatic carboxylic acids is 1. The maximum Gasteiger partial charge on any atom is 0.339 e. The van der Waals surface area contributed by atoms with Crippen molar-refractivity contribution in [2.45, 2.75) is 71.3 Å². The van der Waals surface area contributed by atoms with Crippen LogP contribution in [-0.4, -0.2) is 56.3 Å². The average Bonchev–Trinajstić information content (AvgIpc) is 3.77. The van der Waals surface area contributed by atoms with Gasteiger partial charge in [0.2, 0.25) is 5.91 Å². The number of benzene rings is 2. The number of likely N-dealkylation sites (tertiary alicyclic amines) is 1. The third-order valence-corrected chi connectivity index (χ3v) is 10.0. The molecule has 8 nitrogen and oxygen atoms in total. The first-order chi connectivity index (χ1) is 21.8. The second-order valence-corrected chi connectivity index (χ2v) is 13.0. The second kappa shape index (κ2) is 11.8. The molecule has 1 N–H and O–H groups in total. The lowest BCUT2D eigenvalue weighted by molar-refractivity contribution is -0.133. The van der Waals surface area contributed by atoms with E-state index >= 15 is 0 Å². The summed E-state index contributed by atoms with van der Waals surface area (Å²) in [5, 5.41) is 13.8. The maximum atomic E-state index is 12.6. The smallest absolute Gasteiger partial charge is 0.339 e. The van der Waals surface area contributed by atoms with E-state index in [9.17, 15) is 14.7 Å². The Labute approximate surface area is 264 Å². The van der Waals surface area contributed by atoms with Gasteiger partial charge in [0.25, 0.3) is 0 Å². The molecule has 1 unspecified atom stereocenters. The number of anilines is 1. The summed E-state index contributed by atoms with van der Waals surface area (Å²) in [6.45, 7) is 9.80. The quantitative estimate of drug-likeness (QED) is 0.240. The van der Waals surface area contributed by atoms with Crippen molar-refractivity contribution in [2.24, 2.45) is 5.92 Å². The van der Waals surface area contributed by atoms with Gasteiger partial charge in [0.15, 0.2) is 5.82 Å². The molecule has 3 aliphatic rings. The van der Waals surface area contributed by atoms with Crippen LogP contribution in [0.2, 0.25) is 0 Å². The van der Waals surface area contributed by atoms with Gasteiger partial charge in [0.1, 0.15) is 5.56 Å². The molecular weight excluding hydrogens is 562 g/mol. The molecule has 0 radical (unpaired) electrons. The van der Waals surface area contributed by atoms with Gasteiger partial charge < -0.3 is 14.9 Å². The van der Waals surface area contributed by atoms with E-state index in [0.717, 1.165) is 69.5 Å². The Morgan fingerprint density at radius 2 is 1.76 bits per heavy atom. The highest BCUT2D eigenvalue weighted by Gasteiger charge is 2.35. The molecule has 2 aliphatic heterocycles. The van der Waals surface area contributed by atoms with Gasteiger partial charge in [-0.25, -0.2) is 14.5 Å². The molecule has 0 bridgehead atoms. The number of hydrogen-bond donors (Lipinski definition) is 1. The summed E-state index contributed by atoms with van der Waals surface area (Å²) in [4.78, 5) is 33.7. The minimum absolute atomic E-state index is 0.175. The second-order valence-electron chi connectivity index (χ2n) is 13.0. The van der Waals surface area contributed by atoms with Gasteiger partial charge in [0, 0.05) is 43.6 Å². The maximum absolute atomic E-state index is 12.6. The Morgan fingerprint density at radius 1 is 0.978 bits per heavy atom. The van der Waals surface area contributed by atoms with Crippen molar-refractivity contribution in [3.63, 3.8) is 0 Å². The van der Waals surface area contributed by atoms with Crippen LogP contribution in [-0.2, 0) is 17.8 Å². The number of pyridine rings is 1. The number of carboxylic acids is 1. The first-order valence-electron chi connectivity index (χ1n) is 16.4. The fraction of sp³-hybridized carbons (Fsp3) is 0.405. The summed E-state index contributed by atoms with van der Waals surface area (Å²) in [7, 11) is 0. The predicted molar refractivity (Wildman–Crippen MR) is 175 cm³/mol. The number of carbonyl (C=O) groups excluding carboxylic acids is 1. The summed E-state index contributed by atoms with van der Waals surface area (Å²) in [5.41, 5.74) is 9.36. The number of aromatic nitrogens is 3. The van der Waals surface area contributed by atoms with Gasteiger partial charge in [-0.2, -0.15) is 5.10 Å². The molecule has 1 aliphatic carbocycles. The number of fused-ring (bicyclic) bond motifs is 1. The number of amides is 1. The lowest BCUT2D eigenvalue weighted by Crippen LogP contribution is -2.38. The normalized spacial score (nSPS) is 18.3. The zero-order valence-corrected chi connectivity index (χ0v) is 26.4. The van der Waals surface area contributed by atoms with Crippen LogP contribution in [0.15, 0.2) is 60.8 Å². The molecule has 232 valence electrons. The number of aryl methyl sites for hydroxylation is 1. The topological polar surface area (TPSA) is 91.6 Å². The van der Waals surface area contributed by atoms with E-state index in [0.29, 0.717) is 35.2 Å². The summed E-state index contributed by atoms with van der Waals surface area (Å²) in [6.07, 6.45) is 6.62. The van der Waals surface area contributed by atoms with Crippen LogP contribution in [0, 0.1) is 12.8 Å². The van der Waals surface area contributed by atoms with Crippen molar-refractivity contribution < 1.29 is 14.7 Å². The highest BCUT2D eigenvalue weighted by molar-refractivity contribution is 5.88. The lowest BCUT2D eigenvalue weighted by Gasteiger charge is -2.33. The van der Waals surface area contributed by atoms with Gasteiger partial charge >= 0.3 is 5.97 Å². The Kier molecular flexibility index (Phi) is 7.68. The van der Waals surface area contributed by atoms with Crippen molar-refractivity contribution >= 4 is 17.6 Å². The molecule has 1 saturated heterocycles. The van der Waals surface area contributed by atoms with Gasteiger partial charge in [-0.3, -0.25) is 4.79 Å². The van der Waals surface area contributed by atoms with Crippen molar-refractivity contribution in [1.82, 2.24) is 19.7 Å². The van der Waals surface area contributed by atoms with E-state index in [-0.39, 0.29) is 5.56 Å². The van der Waals surface area contributed by atoms with E-state index in [1.54, 1.807) is 11.6 Å². The molecule has 2 aromatic heterocycles. The van der Waals surface area contributed by atoms with E-state index in [4.69, 9.17) is 4.98 Å². The van der Waals surface area contributed by atoms with Crippen LogP contribution in [0.4, 0.5) is 5.69 Å². The van der Waals surface area contributed by atoms with Gasteiger partial charge in [-0.05, 0) is 79.3 Å². The number of rotatable bonds is 8. The minimum Gasteiger partial charge on any atom is -0.478 e.